The molecule has 1 aliphatic heterocycles. The quantitative estimate of drug-likeness (QED) is 0.438. The Morgan fingerprint density at radius 2 is 1.85 bits per heavy atom. The number of amides is 1. The van der Waals surface area contributed by atoms with Crippen molar-refractivity contribution in [2.24, 2.45) is 5.92 Å². The summed E-state index contributed by atoms with van der Waals surface area (Å²) in [6, 6.07) is 16.3. The van der Waals surface area contributed by atoms with Gasteiger partial charge in [0.05, 0.1) is 6.61 Å². The van der Waals surface area contributed by atoms with Crippen molar-refractivity contribution in [1.29, 1.82) is 0 Å². The number of hydrogen-bond donors (Lipinski definition) is 0. The van der Waals surface area contributed by atoms with Crippen LogP contribution in [0, 0.1) is 5.92 Å². The molecule has 4 rings (SSSR count). The highest BCUT2D eigenvalue weighted by molar-refractivity contribution is 6.30. The predicted molar refractivity (Wildman–Crippen MR) is 121 cm³/mol. The molecule has 0 saturated carbocycles. The molecule has 0 N–H and O–H groups in total. The fourth-order valence-electron chi connectivity index (χ4n) is 4.17. The van der Waals surface area contributed by atoms with Crippen LogP contribution in [0.2, 0.25) is 5.02 Å². The molecule has 174 valence electrons. The van der Waals surface area contributed by atoms with E-state index in [1.807, 2.05) is 0 Å². The molecule has 0 radical (unpaired) electrons. The van der Waals surface area contributed by atoms with Crippen molar-refractivity contribution in [2.45, 2.75) is 19.1 Å². The van der Waals surface area contributed by atoms with Crippen LogP contribution in [0.4, 0.5) is 13.2 Å². The molecular formula is C25H24ClF3N2O2. The molecule has 1 amide bonds. The molecule has 1 saturated heterocycles. The Bertz CT molecular complexity index is 1110. The molecule has 1 unspecified atom stereocenters. The van der Waals surface area contributed by atoms with Crippen LogP contribution >= 0.6 is 11.6 Å². The van der Waals surface area contributed by atoms with E-state index in [-0.39, 0.29) is 23.7 Å². The molecule has 2 heterocycles. The number of rotatable bonds is 6. The fraction of sp³-hybridized carbons (Fsp3) is 0.320. The van der Waals surface area contributed by atoms with Gasteiger partial charge in [-0.25, -0.2) is 0 Å². The van der Waals surface area contributed by atoms with E-state index >= 15 is 0 Å². The van der Waals surface area contributed by atoms with Gasteiger partial charge in [-0.05, 0) is 35.7 Å². The van der Waals surface area contributed by atoms with Crippen LogP contribution < -0.4 is 0 Å². The van der Waals surface area contributed by atoms with Crippen molar-refractivity contribution >= 4 is 17.5 Å². The minimum atomic E-state index is -4.63. The van der Waals surface area contributed by atoms with E-state index in [1.54, 1.807) is 61.6 Å². The summed E-state index contributed by atoms with van der Waals surface area (Å²) < 4.78 is 48.9. The third-order valence-corrected chi connectivity index (χ3v) is 6.08. The Labute approximate surface area is 195 Å². The lowest BCUT2D eigenvalue weighted by atomic mass is 10.0. The normalized spacial score (nSPS) is 16.2. The summed E-state index contributed by atoms with van der Waals surface area (Å²) in [5.74, 6) is -0.296. The highest BCUT2D eigenvalue weighted by Crippen LogP contribution is 2.38. The molecule has 0 spiro atoms. The van der Waals surface area contributed by atoms with Gasteiger partial charge in [0.15, 0.2) is 0 Å². The first-order valence-electron chi connectivity index (χ1n) is 10.7. The second-order valence-electron chi connectivity index (χ2n) is 8.28. The molecule has 4 nitrogen and oxygen atoms in total. The summed E-state index contributed by atoms with van der Waals surface area (Å²) in [5.41, 5.74) is 0.543. The maximum Gasteiger partial charge on any atom is 0.431 e. The molecule has 1 aliphatic rings. The van der Waals surface area contributed by atoms with E-state index in [4.69, 9.17) is 16.3 Å². The van der Waals surface area contributed by atoms with Crippen molar-refractivity contribution < 1.29 is 22.7 Å². The number of carbonyl (C=O) groups is 1. The highest BCUT2D eigenvalue weighted by Gasteiger charge is 2.39. The molecule has 0 aliphatic carbocycles. The van der Waals surface area contributed by atoms with E-state index in [9.17, 15) is 18.0 Å². The van der Waals surface area contributed by atoms with E-state index in [2.05, 4.69) is 0 Å². The number of aromatic nitrogens is 1. The molecule has 8 heteroatoms. The number of hydrogen-bond acceptors (Lipinski definition) is 2. The van der Waals surface area contributed by atoms with E-state index in [1.165, 1.54) is 4.90 Å². The van der Waals surface area contributed by atoms with Crippen LogP contribution in [0.15, 0.2) is 60.7 Å². The number of ether oxygens (including phenoxy) is 1. The van der Waals surface area contributed by atoms with Gasteiger partial charge in [0, 0.05) is 43.2 Å². The molecule has 1 fully saturated rings. The molecular weight excluding hydrogens is 453 g/mol. The minimum absolute atomic E-state index is 0.00918. The summed E-state index contributed by atoms with van der Waals surface area (Å²) in [7, 11) is 1.62. The van der Waals surface area contributed by atoms with Gasteiger partial charge in [-0.15, -0.1) is 0 Å². The summed E-state index contributed by atoms with van der Waals surface area (Å²) in [4.78, 5) is 15.1. The van der Waals surface area contributed by atoms with Gasteiger partial charge in [0.25, 0.3) is 5.91 Å². The second kappa shape index (κ2) is 9.61. The molecule has 2 aromatic carbocycles. The SMILES string of the molecule is CN(CC1CCOC1)C(=O)c1c(-c2ccc(Cl)cc2)cc(C(F)(F)F)n1Cc1ccccc1. The Morgan fingerprint density at radius 1 is 1.15 bits per heavy atom. The zero-order chi connectivity index (χ0) is 23.6. The summed E-state index contributed by atoms with van der Waals surface area (Å²) in [5, 5.41) is 0.463. The van der Waals surface area contributed by atoms with Crippen molar-refractivity contribution in [3.05, 3.63) is 82.6 Å². The first-order valence-corrected chi connectivity index (χ1v) is 11.1. The van der Waals surface area contributed by atoms with Crippen LogP contribution in [-0.4, -0.2) is 42.2 Å². The zero-order valence-electron chi connectivity index (χ0n) is 18.1. The lowest BCUT2D eigenvalue weighted by Crippen LogP contribution is -2.34. The third-order valence-electron chi connectivity index (χ3n) is 5.83. The number of alkyl halides is 3. The average molecular weight is 477 g/mol. The van der Waals surface area contributed by atoms with Crippen LogP contribution in [0.1, 0.15) is 28.2 Å². The molecule has 1 aromatic heterocycles. The second-order valence-corrected chi connectivity index (χ2v) is 8.72. The van der Waals surface area contributed by atoms with Crippen molar-refractivity contribution in [3.63, 3.8) is 0 Å². The standard InChI is InChI=1S/C25H24ClF3N2O2/c1-30(14-18-11-12-33-16-18)24(32)23-21(19-7-9-20(26)10-8-19)13-22(25(27,28)29)31(23)15-17-5-3-2-4-6-17/h2-10,13,18H,11-12,14-16H2,1H3. The summed E-state index contributed by atoms with van der Waals surface area (Å²) >= 11 is 5.99. The number of nitrogens with zero attached hydrogens (tertiary/aromatic N) is 2. The monoisotopic (exact) mass is 476 g/mol. The van der Waals surface area contributed by atoms with Crippen LogP contribution in [0.5, 0.6) is 0 Å². The Kier molecular flexibility index (Phi) is 6.81. The zero-order valence-corrected chi connectivity index (χ0v) is 18.9. The van der Waals surface area contributed by atoms with E-state index in [0.29, 0.717) is 35.9 Å². The molecule has 0 bridgehead atoms. The third kappa shape index (κ3) is 5.25. The van der Waals surface area contributed by atoms with Gasteiger partial charge in [-0.1, -0.05) is 54.1 Å². The first-order chi connectivity index (χ1) is 15.7. The highest BCUT2D eigenvalue weighted by atomic mass is 35.5. The van der Waals surface area contributed by atoms with Crippen molar-refractivity contribution in [2.75, 3.05) is 26.8 Å². The maximum atomic E-state index is 14.1. The molecule has 1 atom stereocenters. The summed E-state index contributed by atoms with van der Waals surface area (Å²) in [6.07, 6.45) is -3.81. The van der Waals surface area contributed by atoms with Crippen molar-refractivity contribution in [1.82, 2.24) is 9.47 Å². The predicted octanol–water partition coefficient (Wildman–Crippen LogP) is 5.98. The van der Waals surface area contributed by atoms with Gasteiger partial charge in [-0.2, -0.15) is 13.2 Å². The fourth-order valence-corrected chi connectivity index (χ4v) is 4.30. The van der Waals surface area contributed by atoms with Gasteiger partial charge in [-0.3, -0.25) is 4.79 Å². The number of halogens is 4. The smallest absolute Gasteiger partial charge is 0.381 e. The Balaban J connectivity index is 1.84. The summed E-state index contributed by atoms with van der Waals surface area (Å²) in [6.45, 7) is 1.51. The van der Waals surface area contributed by atoms with Gasteiger partial charge >= 0.3 is 6.18 Å². The Morgan fingerprint density at radius 3 is 2.45 bits per heavy atom. The minimum Gasteiger partial charge on any atom is -0.381 e. The van der Waals surface area contributed by atoms with E-state index in [0.717, 1.165) is 17.1 Å². The lowest BCUT2D eigenvalue weighted by molar-refractivity contribution is -0.143. The maximum absolute atomic E-state index is 14.1. The molecule has 3 aromatic rings. The lowest BCUT2D eigenvalue weighted by Gasteiger charge is -2.23. The topological polar surface area (TPSA) is 34.5 Å². The average Bonchev–Trinajstić information content (AvgIpc) is 3.42. The van der Waals surface area contributed by atoms with Gasteiger partial charge < -0.3 is 14.2 Å². The largest absolute Gasteiger partial charge is 0.431 e. The van der Waals surface area contributed by atoms with Crippen molar-refractivity contribution in [3.8, 4) is 11.1 Å². The van der Waals surface area contributed by atoms with Crippen LogP contribution in [0.3, 0.4) is 0 Å². The van der Waals surface area contributed by atoms with Crippen LogP contribution in [0.25, 0.3) is 11.1 Å². The van der Waals surface area contributed by atoms with Crippen LogP contribution in [-0.2, 0) is 17.5 Å². The van der Waals surface area contributed by atoms with Gasteiger partial charge in [0.1, 0.15) is 11.4 Å². The molecule has 33 heavy (non-hydrogen) atoms. The Hall–Kier alpha value is -2.77. The van der Waals surface area contributed by atoms with E-state index < -0.39 is 17.8 Å². The first kappa shape index (κ1) is 23.4. The van der Waals surface area contributed by atoms with Gasteiger partial charge in [0.2, 0.25) is 0 Å². The number of carbonyl (C=O) groups excluding carboxylic acids is 1. The number of benzene rings is 2.